The van der Waals surface area contributed by atoms with E-state index in [0.29, 0.717) is 0 Å². The fourth-order valence-electron chi connectivity index (χ4n) is 1.86. The van der Waals surface area contributed by atoms with E-state index in [1.807, 2.05) is 6.07 Å². The minimum Gasteiger partial charge on any atom is -0.197 e. The molecule has 0 amide bonds. The lowest BCUT2D eigenvalue weighted by molar-refractivity contribution is 0.878. The van der Waals surface area contributed by atoms with Crippen molar-refractivity contribution in [3.63, 3.8) is 0 Å². The van der Waals surface area contributed by atoms with Gasteiger partial charge in [-0.1, -0.05) is 31.2 Å². The number of nitrogens with zero attached hydrogens (tertiary/aromatic N) is 1. The van der Waals surface area contributed by atoms with Crippen LogP contribution in [0.2, 0.25) is 0 Å². The van der Waals surface area contributed by atoms with Crippen molar-refractivity contribution >= 4 is 0 Å². The van der Waals surface area contributed by atoms with Gasteiger partial charge in [-0.25, -0.2) is 0 Å². The topological polar surface area (TPSA) is 23.8 Å². The maximum Gasteiger partial charge on any atom is 0.0826 e. The Hall–Kier alpha value is -1.29. The molecule has 1 aliphatic rings. The third kappa shape index (κ3) is 1.23. The van der Waals surface area contributed by atoms with Gasteiger partial charge in [0.1, 0.15) is 0 Å². The number of nitriles is 1. The van der Waals surface area contributed by atoms with Crippen LogP contribution in [0.1, 0.15) is 30.9 Å². The molecule has 1 fully saturated rings. The highest BCUT2D eigenvalue weighted by atomic mass is 14.5. The van der Waals surface area contributed by atoms with Gasteiger partial charge in [-0.05, 0) is 30.4 Å². The van der Waals surface area contributed by atoms with Gasteiger partial charge >= 0.3 is 0 Å². The van der Waals surface area contributed by atoms with Crippen LogP contribution in [-0.2, 0) is 11.8 Å². The third-order valence-corrected chi connectivity index (χ3v) is 2.88. The van der Waals surface area contributed by atoms with Crippen LogP contribution in [0, 0.1) is 11.3 Å². The molecule has 0 heterocycles. The van der Waals surface area contributed by atoms with E-state index in [-0.39, 0.29) is 5.41 Å². The molecular weight excluding hydrogens is 158 g/mol. The van der Waals surface area contributed by atoms with Gasteiger partial charge in [-0.3, -0.25) is 0 Å². The van der Waals surface area contributed by atoms with Gasteiger partial charge in [0, 0.05) is 0 Å². The summed E-state index contributed by atoms with van der Waals surface area (Å²) in [6, 6.07) is 10.8. The molecule has 0 unspecified atom stereocenters. The zero-order valence-corrected chi connectivity index (χ0v) is 7.88. The monoisotopic (exact) mass is 171 g/mol. The molecule has 0 aromatic heterocycles. The average Bonchev–Trinajstić information content (AvgIpc) is 2.98. The molecular formula is C12H13N. The standard InChI is InChI=1S/C12H13N/c1-2-10-5-3-4-6-11(10)12(9-13)7-8-12/h3-6H,2,7-8H2,1H3. The van der Waals surface area contributed by atoms with E-state index in [1.165, 1.54) is 11.1 Å². The maximum atomic E-state index is 9.08. The van der Waals surface area contributed by atoms with Crippen molar-refractivity contribution in [2.24, 2.45) is 0 Å². The molecule has 1 aromatic carbocycles. The van der Waals surface area contributed by atoms with Gasteiger partial charge < -0.3 is 0 Å². The van der Waals surface area contributed by atoms with Crippen molar-refractivity contribution in [2.45, 2.75) is 31.6 Å². The summed E-state index contributed by atoms with van der Waals surface area (Å²) in [4.78, 5) is 0. The Balaban J connectivity index is 2.46. The summed E-state index contributed by atoms with van der Waals surface area (Å²) < 4.78 is 0. The van der Waals surface area contributed by atoms with Gasteiger partial charge in [0.05, 0.1) is 11.5 Å². The summed E-state index contributed by atoms with van der Waals surface area (Å²) >= 11 is 0. The molecule has 1 aromatic rings. The van der Waals surface area contributed by atoms with Gasteiger partial charge in [-0.2, -0.15) is 5.26 Å². The molecule has 0 saturated heterocycles. The number of rotatable bonds is 2. The predicted octanol–water partition coefficient (Wildman–Crippen LogP) is 2.80. The first-order chi connectivity index (χ1) is 6.32. The van der Waals surface area contributed by atoms with E-state index in [4.69, 9.17) is 5.26 Å². The first-order valence-corrected chi connectivity index (χ1v) is 4.82. The lowest BCUT2D eigenvalue weighted by Crippen LogP contribution is -2.06. The van der Waals surface area contributed by atoms with Crippen molar-refractivity contribution in [2.75, 3.05) is 0 Å². The SMILES string of the molecule is CCc1ccccc1C1(C#N)CC1. The molecule has 1 saturated carbocycles. The van der Waals surface area contributed by atoms with Crippen molar-refractivity contribution in [1.29, 1.82) is 5.26 Å². The summed E-state index contributed by atoms with van der Waals surface area (Å²) in [6.07, 6.45) is 3.11. The average molecular weight is 171 g/mol. The number of hydrogen-bond acceptors (Lipinski definition) is 1. The van der Waals surface area contributed by atoms with Gasteiger partial charge in [-0.15, -0.1) is 0 Å². The van der Waals surface area contributed by atoms with Crippen LogP contribution < -0.4 is 0 Å². The fourth-order valence-corrected chi connectivity index (χ4v) is 1.86. The van der Waals surface area contributed by atoms with Crippen LogP contribution >= 0.6 is 0 Å². The van der Waals surface area contributed by atoms with E-state index < -0.39 is 0 Å². The summed E-state index contributed by atoms with van der Waals surface area (Å²) in [5.41, 5.74) is 2.48. The molecule has 0 N–H and O–H groups in total. The maximum absolute atomic E-state index is 9.08. The van der Waals surface area contributed by atoms with E-state index in [9.17, 15) is 0 Å². The minimum absolute atomic E-state index is 0.118. The number of benzene rings is 1. The number of hydrogen-bond donors (Lipinski definition) is 0. The Labute approximate surface area is 79.0 Å². The second-order valence-electron chi connectivity index (χ2n) is 3.70. The summed E-state index contributed by atoms with van der Waals surface area (Å²) in [5, 5.41) is 9.08. The number of aryl methyl sites for hydroxylation is 1. The van der Waals surface area contributed by atoms with Crippen LogP contribution in [0.3, 0.4) is 0 Å². The van der Waals surface area contributed by atoms with Gasteiger partial charge in [0.25, 0.3) is 0 Å². The molecule has 0 radical (unpaired) electrons. The third-order valence-electron chi connectivity index (χ3n) is 2.88. The quantitative estimate of drug-likeness (QED) is 0.671. The van der Waals surface area contributed by atoms with Crippen LogP contribution in [0.15, 0.2) is 24.3 Å². The molecule has 1 heteroatoms. The van der Waals surface area contributed by atoms with E-state index in [1.54, 1.807) is 0 Å². The van der Waals surface area contributed by atoms with Crippen LogP contribution in [0.25, 0.3) is 0 Å². The Morgan fingerprint density at radius 1 is 1.38 bits per heavy atom. The molecule has 2 rings (SSSR count). The summed E-state index contributed by atoms with van der Waals surface area (Å²) in [7, 11) is 0. The van der Waals surface area contributed by atoms with Crippen LogP contribution in [0.5, 0.6) is 0 Å². The van der Waals surface area contributed by atoms with Crippen molar-refractivity contribution in [3.05, 3.63) is 35.4 Å². The second kappa shape index (κ2) is 2.88. The molecule has 1 aliphatic carbocycles. The Morgan fingerprint density at radius 2 is 2.08 bits per heavy atom. The summed E-state index contributed by atoms with van der Waals surface area (Å²) in [6.45, 7) is 2.15. The fraction of sp³-hybridized carbons (Fsp3) is 0.417. The first kappa shape index (κ1) is 8.31. The van der Waals surface area contributed by atoms with Crippen LogP contribution in [0.4, 0.5) is 0 Å². The second-order valence-corrected chi connectivity index (χ2v) is 3.70. The largest absolute Gasteiger partial charge is 0.197 e. The zero-order chi connectivity index (χ0) is 9.31. The van der Waals surface area contributed by atoms with Crippen molar-refractivity contribution in [1.82, 2.24) is 0 Å². The van der Waals surface area contributed by atoms with E-state index in [2.05, 4.69) is 31.2 Å². The Kier molecular flexibility index (Phi) is 1.84. The van der Waals surface area contributed by atoms with Gasteiger partial charge in [0.2, 0.25) is 0 Å². The summed E-state index contributed by atoms with van der Waals surface area (Å²) in [5.74, 6) is 0. The highest BCUT2D eigenvalue weighted by molar-refractivity contribution is 5.44. The molecule has 0 aliphatic heterocycles. The smallest absolute Gasteiger partial charge is 0.0826 e. The van der Waals surface area contributed by atoms with Crippen LogP contribution in [-0.4, -0.2) is 0 Å². The Morgan fingerprint density at radius 3 is 2.62 bits per heavy atom. The van der Waals surface area contributed by atoms with Crippen molar-refractivity contribution in [3.8, 4) is 6.07 Å². The lowest BCUT2D eigenvalue weighted by Gasteiger charge is -2.10. The Bertz CT molecular complexity index is 356. The predicted molar refractivity (Wildman–Crippen MR) is 52.3 cm³/mol. The van der Waals surface area contributed by atoms with Gasteiger partial charge in [0.15, 0.2) is 0 Å². The van der Waals surface area contributed by atoms with E-state index >= 15 is 0 Å². The van der Waals surface area contributed by atoms with E-state index in [0.717, 1.165) is 19.3 Å². The molecule has 0 spiro atoms. The first-order valence-electron chi connectivity index (χ1n) is 4.82. The molecule has 0 bridgehead atoms. The highest BCUT2D eigenvalue weighted by Crippen LogP contribution is 2.48. The molecule has 13 heavy (non-hydrogen) atoms. The highest BCUT2D eigenvalue weighted by Gasteiger charge is 2.45. The lowest BCUT2D eigenvalue weighted by atomic mass is 9.91. The molecule has 0 atom stereocenters. The normalized spacial score (nSPS) is 17.8. The molecule has 66 valence electrons. The minimum atomic E-state index is -0.118. The van der Waals surface area contributed by atoms with Crippen molar-refractivity contribution < 1.29 is 0 Å². The molecule has 1 nitrogen and oxygen atoms in total. The zero-order valence-electron chi connectivity index (χ0n) is 7.88.